The van der Waals surface area contributed by atoms with E-state index < -0.39 is 15.5 Å². The van der Waals surface area contributed by atoms with E-state index in [4.69, 9.17) is 4.74 Å². The molecule has 0 aromatic heterocycles. The standard InChI is InChI=1S/C17H32F3N5O3S/c1-13(2)15(24-8-10-28-11-9-24)12-22-16(21-3)23-14-4-6-25(7-5-14)29(26,27)17(18,19)20/h13-15H,4-12H2,1-3H3,(H2,21,22,23). The van der Waals surface area contributed by atoms with Crippen LogP contribution in [0.25, 0.3) is 0 Å². The number of guanidine groups is 1. The minimum atomic E-state index is -5.26. The van der Waals surface area contributed by atoms with Gasteiger partial charge in [0.05, 0.1) is 13.2 Å². The molecule has 1 unspecified atom stereocenters. The number of alkyl halides is 3. The van der Waals surface area contributed by atoms with E-state index in [0.29, 0.717) is 28.8 Å². The molecule has 2 heterocycles. The lowest BCUT2D eigenvalue weighted by atomic mass is 10.0. The fraction of sp³-hybridized carbons (Fsp3) is 0.941. The van der Waals surface area contributed by atoms with Gasteiger partial charge in [0.1, 0.15) is 0 Å². The van der Waals surface area contributed by atoms with Crippen molar-refractivity contribution in [2.45, 2.75) is 44.3 Å². The van der Waals surface area contributed by atoms with E-state index in [-0.39, 0.29) is 32.0 Å². The van der Waals surface area contributed by atoms with Crippen molar-refractivity contribution in [2.24, 2.45) is 10.9 Å². The number of hydrogen-bond acceptors (Lipinski definition) is 5. The number of aliphatic imine (C=N–C) groups is 1. The molecule has 0 aromatic rings. The fourth-order valence-corrected chi connectivity index (χ4v) is 4.66. The van der Waals surface area contributed by atoms with Crippen molar-refractivity contribution in [1.29, 1.82) is 0 Å². The third kappa shape index (κ3) is 6.43. The Morgan fingerprint density at radius 3 is 2.24 bits per heavy atom. The van der Waals surface area contributed by atoms with Crippen molar-refractivity contribution in [3.8, 4) is 0 Å². The SMILES string of the molecule is CN=C(NCC(C(C)C)N1CCOCC1)NC1CCN(S(=O)(=O)C(F)(F)F)CC1. The Kier molecular flexibility index (Phi) is 8.56. The Morgan fingerprint density at radius 1 is 1.17 bits per heavy atom. The molecule has 8 nitrogen and oxygen atoms in total. The predicted molar refractivity (Wildman–Crippen MR) is 105 cm³/mol. The summed E-state index contributed by atoms with van der Waals surface area (Å²) < 4.78 is 67.0. The van der Waals surface area contributed by atoms with Crippen LogP contribution in [0.3, 0.4) is 0 Å². The second-order valence-electron chi connectivity index (χ2n) is 7.68. The highest BCUT2D eigenvalue weighted by molar-refractivity contribution is 7.90. The minimum absolute atomic E-state index is 0.137. The number of halogens is 3. The molecule has 1 atom stereocenters. The lowest BCUT2D eigenvalue weighted by molar-refractivity contribution is -0.0494. The van der Waals surface area contributed by atoms with Gasteiger partial charge in [0.2, 0.25) is 0 Å². The maximum atomic E-state index is 12.7. The first kappa shape index (κ1) is 24.2. The van der Waals surface area contributed by atoms with E-state index >= 15 is 0 Å². The van der Waals surface area contributed by atoms with Gasteiger partial charge < -0.3 is 15.4 Å². The number of morpholine rings is 1. The maximum Gasteiger partial charge on any atom is 0.511 e. The monoisotopic (exact) mass is 443 g/mol. The molecule has 0 bridgehead atoms. The van der Waals surface area contributed by atoms with Crippen LogP contribution in [0, 0.1) is 5.92 Å². The van der Waals surface area contributed by atoms with Crippen LogP contribution in [0.4, 0.5) is 13.2 Å². The zero-order valence-corrected chi connectivity index (χ0v) is 18.0. The summed E-state index contributed by atoms with van der Waals surface area (Å²) in [6.07, 6.45) is 0.570. The largest absolute Gasteiger partial charge is 0.511 e. The zero-order valence-electron chi connectivity index (χ0n) is 17.2. The summed E-state index contributed by atoms with van der Waals surface area (Å²) in [5, 5.41) is 6.51. The number of nitrogens with zero attached hydrogens (tertiary/aromatic N) is 3. The topological polar surface area (TPSA) is 86.3 Å². The summed E-state index contributed by atoms with van der Waals surface area (Å²) in [6, 6.07) is 0.165. The predicted octanol–water partition coefficient (Wildman–Crippen LogP) is 0.822. The Morgan fingerprint density at radius 2 is 1.76 bits per heavy atom. The second-order valence-corrected chi connectivity index (χ2v) is 9.61. The number of hydrogen-bond donors (Lipinski definition) is 2. The Bertz CT molecular complexity index is 643. The van der Waals surface area contributed by atoms with Crippen LogP contribution < -0.4 is 10.6 Å². The molecule has 2 fully saturated rings. The first-order valence-electron chi connectivity index (χ1n) is 9.91. The van der Waals surface area contributed by atoms with Crippen molar-refractivity contribution < 1.29 is 26.3 Å². The minimum Gasteiger partial charge on any atom is -0.379 e. The first-order valence-corrected chi connectivity index (χ1v) is 11.4. The summed E-state index contributed by atoms with van der Waals surface area (Å²) in [5.41, 5.74) is -5.25. The molecule has 2 aliphatic heterocycles. The quantitative estimate of drug-likeness (QED) is 0.467. The van der Waals surface area contributed by atoms with Crippen molar-refractivity contribution >= 4 is 16.0 Å². The van der Waals surface area contributed by atoms with Gasteiger partial charge in [0.25, 0.3) is 0 Å². The van der Waals surface area contributed by atoms with Crippen LogP contribution in [-0.4, -0.2) is 94.2 Å². The van der Waals surface area contributed by atoms with Crippen molar-refractivity contribution in [1.82, 2.24) is 19.8 Å². The van der Waals surface area contributed by atoms with Crippen LogP contribution >= 0.6 is 0 Å². The third-order valence-electron chi connectivity index (χ3n) is 5.41. The summed E-state index contributed by atoms with van der Waals surface area (Å²) >= 11 is 0. The normalized spacial score (nSPS) is 22.7. The summed E-state index contributed by atoms with van der Waals surface area (Å²) in [7, 11) is -3.62. The van der Waals surface area contributed by atoms with Gasteiger partial charge in [-0.25, -0.2) is 8.42 Å². The van der Waals surface area contributed by atoms with Crippen molar-refractivity contribution in [2.75, 3.05) is 53.0 Å². The van der Waals surface area contributed by atoms with E-state index in [1.165, 1.54) is 0 Å². The highest BCUT2D eigenvalue weighted by Crippen LogP contribution is 2.28. The Balaban J connectivity index is 1.84. The molecular weight excluding hydrogens is 411 g/mol. The zero-order chi connectivity index (χ0) is 21.7. The molecular formula is C17H32F3N5O3S. The van der Waals surface area contributed by atoms with Crippen LogP contribution in [0.1, 0.15) is 26.7 Å². The van der Waals surface area contributed by atoms with Crippen molar-refractivity contribution in [3.05, 3.63) is 0 Å². The van der Waals surface area contributed by atoms with E-state index in [0.717, 1.165) is 26.3 Å². The first-order chi connectivity index (χ1) is 13.6. The molecule has 0 aromatic carbocycles. The maximum absolute atomic E-state index is 12.7. The Hall–Kier alpha value is -1.11. The van der Waals surface area contributed by atoms with E-state index in [2.05, 4.69) is 34.4 Å². The molecule has 0 aliphatic carbocycles. The average molecular weight is 444 g/mol. The second kappa shape index (κ2) is 10.3. The van der Waals surface area contributed by atoms with E-state index in [1.54, 1.807) is 7.05 Å². The molecule has 0 radical (unpaired) electrons. The number of rotatable bonds is 6. The average Bonchev–Trinajstić information content (AvgIpc) is 2.67. The van der Waals surface area contributed by atoms with Gasteiger partial charge in [0, 0.05) is 51.9 Å². The number of nitrogens with one attached hydrogen (secondary N) is 2. The summed E-state index contributed by atoms with van der Waals surface area (Å²) in [4.78, 5) is 6.59. The van der Waals surface area contributed by atoms with Gasteiger partial charge >= 0.3 is 15.5 Å². The molecule has 12 heteroatoms. The molecule has 0 spiro atoms. The third-order valence-corrected chi connectivity index (χ3v) is 7.04. The van der Waals surface area contributed by atoms with Crippen LogP contribution in [0.15, 0.2) is 4.99 Å². The summed E-state index contributed by atoms with van der Waals surface area (Å²) in [6.45, 7) is 7.86. The van der Waals surface area contributed by atoms with Gasteiger partial charge in [0.15, 0.2) is 5.96 Å². The van der Waals surface area contributed by atoms with Gasteiger partial charge in [-0.3, -0.25) is 9.89 Å². The Labute approximate surface area is 170 Å². The molecule has 2 N–H and O–H groups in total. The van der Waals surface area contributed by atoms with Gasteiger partial charge in [-0.2, -0.15) is 17.5 Å². The van der Waals surface area contributed by atoms with Gasteiger partial charge in [-0.1, -0.05) is 13.8 Å². The van der Waals surface area contributed by atoms with Gasteiger partial charge in [-0.05, 0) is 18.8 Å². The van der Waals surface area contributed by atoms with Crippen LogP contribution in [0.5, 0.6) is 0 Å². The van der Waals surface area contributed by atoms with Crippen LogP contribution in [-0.2, 0) is 14.8 Å². The van der Waals surface area contributed by atoms with Crippen molar-refractivity contribution in [3.63, 3.8) is 0 Å². The highest BCUT2D eigenvalue weighted by Gasteiger charge is 2.50. The van der Waals surface area contributed by atoms with E-state index in [1.807, 2.05) is 0 Å². The lowest BCUT2D eigenvalue weighted by Crippen LogP contribution is -2.55. The van der Waals surface area contributed by atoms with Crippen LogP contribution in [0.2, 0.25) is 0 Å². The smallest absolute Gasteiger partial charge is 0.379 e. The lowest BCUT2D eigenvalue weighted by Gasteiger charge is -2.37. The molecule has 29 heavy (non-hydrogen) atoms. The van der Waals surface area contributed by atoms with E-state index in [9.17, 15) is 21.6 Å². The number of sulfonamides is 1. The number of piperidine rings is 1. The molecule has 2 rings (SSSR count). The number of ether oxygens (including phenoxy) is 1. The van der Waals surface area contributed by atoms with Gasteiger partial charge in [-0.15, -0.1) is 0 Å². The molecule has 2 aliphatic rings. The fourth-order valence-electron chi connectivity index (χ4n) is 3.67. The molecule has 2 saturated heterocycles. The highest BCUT2D eigenvalue weighted by atomic mass is 32.2. The summed E-state index contributed by atoms with van der Waals surface area (Å²) in [5.74, 6) is 0.996. The molecule has 0 saturated carbocycles. The molecule has 0 amide bonds. The molecule has 170 valence electrons.